The van der Waals surface area contributed by atoms with Crippen molar-refractivity contribution in [2.45, 2.75) is 139 Å². The van der Waals surface area contributed by atoms with E-state index in [1.165, 1.54) is 5.57 Å². The lowest BCUT2D eigenvalue weighted by atomic mass is 9.70. The van der Waals surface area contributed by atoms with Crippen LogP contribution in [0.15, 0.2) is 22.6 Å². The minimum atomic E-state index is -2.30. The van der Waals surface area contributed by atoms with E-state index >= 15 is 0 Å². The van der Waals surface area contributed by atoms with Gasteiger partial charge in [-0.15, -0.1) is 11.3 Å². The number of esters is 1. The van der Waals surface area contributed by atoms with E-state index in [-0.39, 0.29) is 35.0 Å². The van der Waals surface area contributed by atoms with Gasteiger partial charge in [-0.25, -0.2) is 4.98 Å². The molecule has 0 amide bonds. The number of aryl methyl sites for hydroxylation is 1. The van der Waals surface area contributed by atoms with Gasteiger partial charge >= 0.3 is 5.97 Å². The highest BCUT2D eigenvalue weighted by atomic mass is 32.1. The monoisotopic (exact) mass is 603 g/mol. The van der Waals surface area contributed by atoms with E-state index in [4.69, 9.17) is 9.16 Å². The lowest BCUT2D eigenvalue weighted by Crippen LogP contribution is -2.52. The minimum absolute atomic E-state index is 0.0458. The molecule has 232 valence electrons. The maximum atomic E-state index is 14.2. The van der Waals surface area contributed by atoms with Gasteiger partial charge in [0.1, 0.15) is 11.9 Å². The fourth-order valence-electron chi connectivity index (χ4n) is 5.29. The van der Waals surface area contributed by atoms with Gasteiger partial charge in [0.2, 0.25) is 0 Å². The number of hydrogen-bond acceptors (Lipinski definition) is 6. The van der Waals surface area contributed by atoms with Crippen LogP contribution >= 0.6 is 11.3 Å². The Kier molecular flexibility index (Phi) is 12.4. The van der Waals surface area contributed by atoms with E-state index < -0.39 is 25.9 Å². The van der Waals surface area contributed by atoms with Gasteiger partial charge in [-0.05, 0) is 75.2 Å². The number of carbonyl (C=O) groups excluding carboxylic acids is 2. The van der Waals surface area contributed by atoms with Crippen molar-refractivity contribution in [3.8, 4) is 0 Å². The highest BCUT2D eigenvalue weighted by Gasteiger charge is 2.48. The Morgan fingerprint density at radius 2 is 1.80 bits per heavy atom. The number of rotatable bonds is 4. The van der Waals surface area contributed by atoms with Crippen LogP contribution in [-0.4, -0.2) is 37.3 Å². The summed E-state index contributed by atoms with van der Waals surface area (Å²) in [5.41, 5.74) is 2.31. The number of ether oxygens (including phenoxy) is 1. The highest BCUT2D eigenvalue weighted by molar-refractivity contribution is 7.09. The summed E-state index contributed by atoms with van der Waals surface area (Å²) in [6, 6.07) is 0. The summed E-state index contributed by atoms with van der Waals surface area (Å²) in [7, 11) is -2.30. The molecule has 2 rings (SSSR count). The Balaban J connectivity index is 2.53. The zero-order chi connectivity index (χ0) is 31.3. The molecule has 1 aliphatic heterocycles. The average molecular weight is 604 g/mol. The number of hydrogen-bond donors (Lipinski definition) is 0. The summed E-state index contributed by atoms with van der Waals surface area (Å²) in [5.74, 6) is 0.378. The number of allylic oxidation sites excluding steroid dienone is 1. The van der Waals surface area contributed by atoms with Crippen LogP contribution in [0.2, 0.25) is 18.1 Å². The predicted octanol–water partition coefficient (Wildman–Crippen LogP) is 9.57. The van der Waals surface area contributed by atoms with Gasteiger partial charge in [0.15, 0.2) is 8.32 Å². The maximum absolute atomic E-state index is 14.2. The van der Waals surface area contributed by atoms with E-state index in [0.717, 1.165) is 35.5 Å². The molecule has 1 aliphatic rings. The summed E-state index contributed by atoms with van der Waals surface area (Å²) in [6.45, 7) is 27.6. The predicted molar refractivity (Wildman–Crippen MR) is 176 cm³/mol. The van der Waals surface area contributed by atoms with Crippen LogP contribution in [-0.2, 0) is 18.8 Å². The summed E-state index contributed by atoms with van der Waals surface area (Å²) in [5, 5.41) is 2.97. The lowest BCUT2D eigenvalue weighted by molar-refractivity contribution is -0.153. The quantitative estimate of drug-likeness (QED) is 0.195. The first-order chi connectivity index (χ1) is 18.8. The summed E-state index contributed by atoms with van der Waals surface area (Å²) >= 11 is 1.61. The normalized spacial score (nSPS) is 29.5. The first-order valence-electron chi connectivity index (χ1n) is 15.4. The lowest BCUT2D eigenvalue weighted by Gasteiger charge is -2.44. The molecule has 0 bridgehead atoms. The maximum Gasteiger partial charge on any atom is 0.309 e. The van der Waals surface area contributed by atoms with Gasteiger partial charge in [0.25, 0.3) is 0 Å². The van der Waals surface area contributed by atoms with Gasteiger partial charge in [-0.2, -0.15) is 0 Å². The fraction of sp³-hybridized carbons (Fsp3) is 0.735. The zero-order valence-electron chi connectivity index (χ0n) is 28.1. The summed E-state index contributed by atoms with van der Waals surface area (Å²) in [4.78, 5) is 32.4. The van der Waals surface area contributed by atoms with Crippen LogP contribution in [0.4, 0.5) is 0 Å². The van der Waals surface area contributed by atoms with Gasteiger partial charge in [-0.1, -0.05) is 73.5 Å². The Labute approximate surface area is 255 Å². The third kappa shape index (κ3) is 9.72. The van der Waals surface area contributed by atoms with E-state index in [9.17, 15) is 9.59 Å². The van der Waals surface area contributed by atoms with Crippen LogP contribution in [0.3, 0.4) is 0 Å². The smallest absolute Gasteiger partial charge is 0.309 e. The molecule has 0 fully saturated rings. The van der Waals surface area contributed by atoms with Crippen molar-refractivity contribution in [3.63, 3.8) is 0 Å². The van der Waals surface area contributed by atoms with Crippen molar-refractivity contribution in [3.05, 3.63) is 33.3 Å². The molecule has 0 spiro atoms. The van der Waals surface area contributed by atoms with Crippen molar-refractivity contribution in [1.29, 1.82) is 0 Å². The van der Waals surface area contributed by atoms with E-state index in [2.05, 4.69) is 72.6 Å². The zero-order valence-corrected chi connectivity index (χ0v) is 30.0. The van der Waals surface area contributed by atoms with Gasteiger partial charge in [0.05, 0.1) is 23.2 Å². The number of thiazole rings is 1. The van der Waals surface area contributed by atoms with E-state index in [1.54, 1.807) is 11.3 Å². The van der Waals surface area contributed by atoms with Crippen molar-refractivity contribution in [2.75, 3.05) is 0 Å². The molecule has 0 N–H and O–H groups in total. The van der Waals surface area contributed by atoms with Gasteiger partial charge in [-0.3, -0.25) is 9.59 Å². The molecule has 0 aliphatic carbocycles. The number of ketones is 1. The van der Waals surface area contributed by atoms with Crippen LogP contribution in [0.5, 0.6) is 0 Å². The molecule has 1 aromatic heterocycles. The van der Waals surface area contributed by atoms with Crippen LogP contribution in [0.25, 0.3) is 6.08 Å². The second-order valence-electron chi connectivity index (χ2n) is 14.6. The highest BCUT2D eigenvalue weighted by Crippen LogP contribution is 2.42. The van der Waals surface area contributed by atoms with Crippen molar-refractivity contribution in [1.82, 2.24) is 4.98 Å². The van der Waals surface area contributed by atoms with Crippen LogP contribution in [0, 0.1) is 30.1 Å². The van der Waals surface area contributed by atoms with Gasteiger partial charge < -0.3 is 9.16 Å². The standard InChI is InChI=1S/C34H57NO4SSi/c1-22-15-14-16-23(2)25(4)26(5)32(37)34(10,11)30(39-41(12,13)33(7,8)9)20-31(36)38-29(18-17-22)24(3)19-28-21-40-27(6)35-28/h17,19,21,23,25-26,29-30H,14-16,18,20H2,1-13H3/b22-17-,24-19+/t23-,25+,26-,29-,30-/m0/s1. The second-order valence-corrected chi connectivity index (χ2v) is 20.4. The Hall–Kier alpha value is -1.57. The molecule has 2 heterocycles. The summed E-state index contributed by atoms with van der Waals surface area (Å²) in [6.07, 6.45) is 7.09. The van der Waals surface area contributed by atoms with Crippen molar-refractivity contribution < 1.29 is 18.8 Å². The first kappa shape index (κ1) is 35.6. The molecule has 1 aromatic rings. The molecule has 0 aromatic carbocycles. The third-order valence-electron chi connectivity index (χ3n) is 9.84. The minimum Gasteiger partial charge on any atom is -0.457 e. The largest absolute Gasteiger partial charge is 0.457 e. The SMILES string of the molecule is C/C1=C/C[C@@H](/C(C)=C/c2csc(C)n2)OC(=O)C[C@H](O[Si](C)(C)C(C)(C)C)C(C)(C)C(=O)[C@@H](C)[C@H](C)[C@@H](C)CCC1. The molecule has 5 atom stereocenters. The summed E-state index contributed by atoms with van der Waals surface area (Å²) < 4.78 is 13.1. The van der Waals surface area contributed by atoms with Crippen molar-refractivity contribution >= 4 is 37.5 Å². The topological polar surface area (TPSA) is 65.5 Å². The number of nitrogens with zero attached hydrogens (tertiary/aromatic N) is 1. The van der Waals surface area contributed by atoms with Gasteiger partial charge in [0, 0.05) is 23.1 Å². The molecule has 0 radical (unpaired) electrons. The molecular weight excluding hydrogens is 547 g/mol. The van der Waals surface area contributed by atoms with Crippen LogP contribution < -0.4 is 0 Å². The van der Waals surface area contributed by atoms with E-state index in [0.29, 0.717) is 12.3 Å². The van der Waals surface area contributed by atoms with Crippen LogP contribution in [0.1, 0.15) is 112 Å². The average Bonchev–Trinajstić information content (AvgIpc) is 3.27. The number of aromatic nitrogens is 1. The number of carbonyl (C=O) groups is 2. The number of Topliss-reactive ketones (excluding diaryl/α,β-unsaturated/α-hetero) is 1. The first-order valence-corrected chi connectivity index (χ1v) is 19.2. The Morgan fingerprint density at radius 3 is 2.37 bits per heavy atom. The molecule has 0 saturated carbocycles. The number of cyclic esters (lactones) is 1. The molecule has 0 unspecified atom stereocenters. The Morgan fingerprint density at radius 1 is 1.17 bits per heavy atom. The molecule has 7 heteroatoms. The van der Waals surface area contributed by atoms with E-state index in [1.807, 2.05) is 39.2 Å². The molecule has 41 heavy (non-hydrogen) atoms. The molecule has 0 saturated heterocycles. The fourth-order valence-corrected chi connectivity index (χ4v) is 7.30. The van der Waals surface area contributed by atoms with Crippen molar-refractivity contribution in [2.24, 2.45) is 23.2 Å². The Bertz CT molecular complexity index is 1110. The second kappa shape index (κ2) is 14.3. The third-order valence-corrected chi connectivity index (χ3v) is 15.1. The molecular formula is C34H57NO4SSi. The molecule has 5 nitrogen and oxygen atoms in total.